The van der Waals surface area contributed by atoms with Crippen molar-refractivity contribution in [3.8, 4) is 17.6 Å². The molecule has 1 N–H and O–H groups in total. The van der Waals surface area contributed by atoms with Crippen LogP contribution in [0.4, 0.5) is 11.4 Å². The molecule has 27 heavy (non-hydrogen) atoms. The lowest BCUT2D eigenvalue weighted by Crippen LogP contribution is -2.13. The van der Waals surface area contributed by atoms with E-state index in [1.165, 1.54) is 31.4 Å². The average molecular weight is 407 g/mol. The van der Waals surface area contributed by atoms with E-state index in [2.05, 4.69) is 5.32 Å². The third-order valence-electron chi connectivity index (χ3n) is 3.33. The van der Waals surface area contributed by atoms with E-state index in [0.29, 0.717) is 5.02 Å². The Balaban J connectivity index is 2.42. The van der Waals surface area contributed by atoms with Crippen molar-refractivity contribution in [3.05, 3.63) is 61.6 Å². The summed E-state index contributed by atoms with van der Waals surface area (Å²) in [7, 11) is 1.17. The topological polar surface area (TPSA) is 128 Å². The van der Waals surface area contributed by atoms with E-state index < -0.39 is 22.3 Å². The molecular weight excluding hydrogens is 397 g/mol. The molecule has 0 aliphatic rings. The third-order valence-corrected chi connectivity index (χ3v) is 3.89. The number of nitro benzene ring substituents is 1. The van der Waals surface area contributed by atoms with Gasteiger partial charge in [0, 0.05) is 16.8 Å². The lowest BCUT2D eigenvalue weighted by molar-refractivity contribution is -0.398. The Labute approximate surface area is 163 Å². The molecule has 138 valence electrons. The first kappa shape index (κ1) is 20.0. The SMILES string of the molecule is COc1cc(/C=C(\C#N)C(=O)Nc2cc(Cl)ccc2Cl)cc([N+](=O)[O-])c1[O-]. The molecule has 0 aliphatic heterocycles. The minimum absolute atomic E-state index is 0.0713. The van der Waals surface area contributed by atoms with Crippen LogP contribution in [0.25, 0.3) is 6.08 Å². The molecule has 0 saturated heterocycles. The smallest absolute Gasteiger partial charge is 0.266 e. The highest BCUT2D eigenvalue weighted by atomic mass is 35.5. The monoisotopic (exact) mass is 406 g/mol. The molecule has 0 aliphatic carbocycles. The summed E-state index contributed by atoms with van der Waals surface area (Å²) >= 11 is 11.8. The van der Waals surface area contributed by atoms with Crippen molar-refractivity contribution in [2.45, 2.75) is 0 Å². The molecule has 0 atom stereocenters. The van der Waals surface area contributed by atoms with Crippen LogP contribution in [0.1, 0.15) is 5.56 Å². The lowest BCUT2D eigenvalue weighted by atomic mass is 10.1. The highest BCUT2D eigenvalue weighted by molar-refractivity contribution is 6.36. The third kappa shape index (κ3) is 4.67. The van der Waals surface area contributed by atoms with Crippen molar-refractivity contribution in [2.75, 3.05) is 12.4 Å². The number of nitrogens with zero attached hydrogens (tertiary/aromatic N) is 2. The van der Waals surface area contributed by atoms with Gasteiger partial charge in [-0.25, -0.2) is 0 Å². The molecule has 10 heteroatoms. The summed E-state index contributed by atoms with van der Waals surface area (Å²) in [6.07, 6.45) is 1.09. The Hall–Kier alpha value is -3.28. The number of nitro groups is 1. The van der Waals surface area contributed by atoms with Crippen molar-refractivity contribution in [2.24, 2.45) is 0 Å². The summed E-state index contributed by atoms with van der Waals surface area (Å²) in [5, 5.41) is 35.0. The highest BCUT2D eigenvalue weighted by Crippen LogP contribution is 2.35. The minimum Gasteiger partial charge on any atom is -0.865 e. The van der Waals surface area contributed by atoms with Crippen LogP contribution in [0.3, 0.4) is 0 Å². The van der Waals surface area contributed by atoms with Crippen LogP contribution in [-0.4, -0.2) is 17.9 Å². The summed E-state index contributed by atoms with van der Waals surface area (Å²) in [4.78, 5) is 22.4. The number of hydrogen-bond donors (Lipinski definition) is 1. The quantitative estimate of drug-likeness (QED) is 0.350. The Bertz CT molecular complexity index is 999. The van der Waals surface area contributed by atoms with Gasteiger partial charge in [-0.05, 0) is 35.9 Å². The van der Waals surface area contributed by atoms with Crippen molar-refractivity contribution in [1.29, 1.82) is 5.26 Å². The first-order valence-electron chi connectivity index (χ1n) is 7.18. The number of anilines is 1. The van der Waals surface area contributed by atoms with Gasteiger partial charge in [-0.1, -0.05) is 23.2 Å². The molecule has 8 nitrogen and oxygen atoms in total. The summed E-state index contributed by atoms with van der Waals surface area (Å²) in [6.45, 7) is 0. The largest absolute Gasteiger partial charge is 0.865 e. The van der Waals surface area contributed by atoms with Gasteiger partial charge in [-0.15, -0.1) is 0 Å². The molecule has 0 saturated carbocycles. The van der Waals surface area contributed by atoms with Gasteiger partial charge in [-0.2, -0.15) is 5.26 Å². The molecule has 0 unspecified atom stereocenters. The van der Waals surface area contributed by atoms with Crippen LogP contribution in [0.2, 0.25) is 10.0 Å². The predicted octanol–water partition coefficient (Wildman–Crippen LogP) is 3.53. The van der Waals surface area contributed by atoms with Gasteiger partial charge >= 0.3 is 0 Å². The van der Waals surface area contributed by atoms with Crippen LogP contribution < -0.4 is 15.2 Å². The molecule has 0 fully saturated rings. The van der Waals surface area contributed by atoms with Gasteiger partial charge in [0.2, 0.25) is 0 Å². The molecular formula is C17H10Cl2N3O5-. The fraction of sp³-hybridized carbons (Fsp3) is 0.0588. The van der Waals surface area contributed by atoms with Gasteiger partial charge in [-0.3, -0.25) is 14.9 Å². The summed E-state index contributed by atoms with van der Waals surface area (Å²) in [5.41, 5.74) is -0.854. The van der Waals surface area contributed by atoms with Crippen LogP contribution >= 0.6 is 23.2 Å². The van der Waals surface area contributed by atoms with E-state index in [1.807, 2.05) is 0 Å². The number of carbonyl (C=O) groups is 1. The number of hydrogen-bond acceptors (Lipinski definition) is 6. The van der Waals surface area contributed by atoms with Crippen molar-refractivity contribution < 1.29 is 19.6 Å². The zero-order valence-electron chi connectivity index (χ0n) is 13.7. The number of carbonyl (C=O) groups excluding carboxylic acids is 1. The molecule has 0 heterocycles. The summed E-state index contributed by atoms with van der Waals surface area (Å²) in [6, 6.07) is 8.22. The predicted molar refractivity (Wildman–Crippen MR) is 97.8 cm³/mol. The van der Waals surface area contributed by atoms with E-state index in [-0.39, 0.29) is 27.6 Å². The van der Waals surface area contributed by atoms with Gasteiger partial charge in [0.15, 0.2) is 0 Å². The Morgan fingerprint density at radius 3 is 2.63 bits per heavy atom. The maximum atomic E-state index is 12.3. The standard InChI is InChI=1S/C17H11Cl2N3O5/c1-27-15-6-9(5-14(16(15)23)22(25)26)4-10(8-20)17(24)21-13-7-11(18)2-3-12(13)19/h2-7,23H,1H3,(H,21,24)/p-1/b10-4+. The average Bonchev–Trinajstić information content (AvgIpc) is 2.63. The minimum atomic E-state index is -0.909. The van der Waals surface area contributed by atoms with Crippen molar-refractivity contribution in [1.82, 2.24) is 0 Å². The number of methoxy groups -OCH3 is 1. The highest BCUT2D eigenvalue weighted by Gasteiger charge is 2.16. The fourth-order valence-corrected chi connectivity index (χ4v) is 2.41. The van der Waals surface area contributed by atoms with E-state index in [1.54, 1.807) is 6.07 Å². The first-order valence-corrected chi connectivity index (χ1v) is 7.94. The van der Waals surface area contributed by atoms with E-state index >= 15 is 0 Å². The molecule has 0 spiro atoms. The second-order valence-corrected chi connectivity index (χ2v) is 5.92. The Morgan fingerprint density at radius 1 is 1.33 bits per heavy atom. The van der Waals surface area contributed by atoms with Crippen LogP contribution in [0.5, 0.6) is 11.5 Å². The zero-order chi connectivity index (χ0) is 20.1. The van der Waals surface area contributed by atoms with E-state index in [0.717, 1.165) is 12.1 Å². The number of amides is 1. The normalized spacial score (nSPS) is 10.8. The molecule has 0 bridgehead atoms. The lowest BCUT2D eigenvalue weighted by Gasteiger charge is -2.13. The second-order valence-electron chi connectivity index (χ2n) is 5.08. The van der Waals surface area contributed by atoms with Crippen molar-refractivity contribution in [3.63, 3.8) is 0 Å². The van der Waals surface area contributed by atoms with Gasteiger partial charge < -0.3 is 15.2 Å². The van der Waals surface area contributed by atoms with Gasteiger partial charge in [0.25, 0.3) is 11.6 Å². The molecule has 2 aromatic rings. The first-order chi connectivity index (χ1) is 12.8. The molecule has 0 radical (unpaired) electrons. The maximum Gasteiger partial charge on any atom is 0.266 e. The van der Waals surface area contributed by atoms with Crippen LogP contribution in [0.15, 0.2) is 35.9 Å². The number of rotatable bonds is 5. The van der Waals surface area contributed by atoms with E-state index in [9.17, 15) is 25.3 Å². The van der Waals surface area contributed by atoms with Gasteiger partial charge in [0.1, 0.15) is 17.4 Å². The number of ether oxygens (including phenoxy) is 1. The Kier molecular flexibility index (Phi) is 6.23. The second kappa shape index (κ2) is 8.40. The molecule has 2 rings (SSSR count). The van der Waals surface area contributed by atoms with Crippen LogP contribution in [0, 0.1) is 21.4 Å². The maximum absolute atomic E-state index is 12.3. The molecule has 2 aromatic carbocycles. The van der Waals surface area contributed by atoms with E-state index in [4.69, 9.17) is 27.9 Å². The Morgan fingerprint density at radius 2 is 2.04 bits per heavy atom. The number of benzene rings is 2. The van der Waals surface area contributed by atoms with Gasteiger partial charge in [0.05, 0.1) is 22.7 Å². The zero-order valence-corrected chi connectivity index (χ0v) is 15.2. The summed E-state index contributed by atoms with van der Waals surface area (Å²) < 4.78 is 4.81. The van der Waals surface area contributed by atoms with Crippen LogP contribution in [-0.2, 0) is 4.79 Å². The fourth-order valence-electron chi connectivity index (χ4n) is 2.08. The number of halogens is 2. The number of nitrogens with one attached hydrogen (secondary N) is 1. The summed E-state index contributed by atoms with van der Waals surface area (Å²) in [5.74, 6) is -2.01. The molecule has 1 amide bonds. The molecule has 0 aromatic heterocycles. The van der Waals surface area contributed by atoms with Crippen molar-refractivity contribution >= 4 is 46.6 Å². The number of nitriles is 1.